The predicted octanol–water partition coefficient (Wildman–Crippen LogP) is 0.216. The molecule has 16 heteroatoms. The summed E-state index contributed by atoms with van der Waals surface area (Å²) in [5, 5.41) is 26.5. The van der Waals surface area contributed by atoms with E-state index in [4.69, 9.17) is 21.1 Å². The topological polar surface area (TPSA) is 213 Å². The van der Waals surface area contributed by atoms with E-state index in [1.165, 1.54) is 25.6 Å². The number of aliphatic carboxylic acids is 3. The molecule has 0 heterocycles. The standard InChI is InChI=1S/C10H16N2O6S2.C9H15NO4S/c1-5(13)12(6(2)14)8(10(17)18)4-20-19-3-7(11)9(15)16;1-6(11)10(7(2)12)8(9(13)14)4-5-15-3/h7-8H,3-4,11H2,1-2H3,(H,15,16)(H,17,18);8H,4-5H2,1-3H3,(H,13,14)/t7?,8-;8-/m00/s1. The zero-order chi connectivity index (χ0) is 27.9. The molecular weight excluding hydrogens is 526 g/mol. The summed E-state index contributed by atoms with van der Waals surface area (Å²) in [5.74, 6) is -5.34. The minimum Gasteiger partial charge on any atom is -0.480 e. The van der Waals surface area contributed by atoms with Gasteiger partial charge in [-0.25, -0.2) is 9.59 Å². The van der Waals surface area contributed by atoms with Gasteiger partial charge < -0.3 is 21.1 Å². The van der Waals surface area contributed by atoms with Crippen LogP contribution in [0.2, 0.25) is 0 Å². The van der Waals surface area contributed by atoms with Crippen LogP contribution in [0.25, 0.3) is 0 Å². The van der Waals surface area contributed by atoms with Gasteiger partial charge in [0.2, 0.25) is 23.6 Å². The van der Waals surface area contributed by atoms with E-state index in [0.29, 0.717) is 10.7 Å². The molecule has 35 heavy (non-hydrogen) atoms. The Morgan fingerprint density at radius 2 is 1.06 bits per heavy atom. The highest BCUT2D eigenvalue weighted by Crippen LogP contribution is 2.24. The van der Waals surface area contributed by atoms with E-state index in [1.54, 1.807) is 0 Å². The molecule has 0 aliphatic carbocycles. The summed E-state index contributed by atoms with van der Waals surface area (Å²) >= 11 is 1.48. The molecule has 0 bridgehead atoms. The third kappa shape index (κ3) is 14.0. The molecule has 3 atom stereocenters. The summed E-state index contributed by atoms with van der Waals surface area (Å²) < 4.78 is 0. The number of carbonyl (C=O) groups is 7. The SMILES string of the molecule is CC(=O)N(C(C)=O)[C@@H](CSSCC(N)C(=O)O)C(=O)O.CSCC[C@@H](C(=O)O)N(C(C)=O)C(C)=O. The first kappa shape index (κ1) is 34.9. The third-order valence-electron chi connectivity index (χ3n) is 4.02. The average Bonchev–Trinajstić information content (AvgIpc) is 2.71. The molecule has 0 saturated heterocycles. The summed E-state index contributed by atoms with van der Waals surface area (Å²) in [6.45, 7) is 4.60. The van der Waals surface area contributed by atoms with E-state index in [2.05, 4.69) is 0 Å². The van der Waals surface area contributed by atoms with E-state index in [1.807, 2.05) is 6.26 Å². The Labute approximate surface area is 214 Å². The minimum absolute atomic E-state index is 0.0501. The first-order chi connectivity index (χ1) is 16.1. The van der Waals surface area contributed by atoms with Crippen LogP contribution in [0.5, 0.6) is 0 Å². The summed E-state index contributed by atoms with van der Waals surface area (Å²) in [7, 11) is 2.12. The molecule has 1 unspecified atom stereocenters. The van der Waals surface area contributed by atoms with E-state index < -0.39 is 59.7 Å². The third-order valence-corrected chi connectivity index (χ3v) is 7.09. The van der Waals surface area contributed by atoms with Crippen molar-refractivity contribution in [3.8, 4) is 0 Å². The normalized spacial score (nSPS) is 12.7. The monoisotopic (exact) mass is 557 g/mol. The quantitative estimate of drug-likeness (QED) is 0.176. The van der Waals surface area contributed by atoms with Crippen LogP contribution in [0.4, 0.5) is 0 Å². The number of imide groups is 2. The van der Waals surface area contributed by atoms with Crippen LogP contribution in [0.15, 0.2) is 0 Å². The van der Waals surface area contributed by atoms with Gasteiger partial charge in [0.25, 0.3) is 0 Å². The zero-order valence-electron chi connectivity index (χ0n) is 20.0. The van der Waals surface area contributed by atoms with Gasteiger partial charge in [-0.1, -0.05) is 21.6 Å². The molecule has 0 saturated carbocycles. The lowest BCUT2D eigenvalue weighted by Gasteiger charge is -2.24. The molecule has 0 spiro atoms. The maximum atomic E-state index is 11.3. The van der Waals surface area contributed by atoms with Gasteiger partial charge in [-0.2, -0.15) is 11.8 Å². The van der Waals surface area contributed by atoms with Crippen molar-refractivity contribution in [2.45, 2.75) is 52.2 Å². The molecule has 0 aromatic heterocycles. The van der Waals surface area contributed by atoms with Gasteiger partial charge in [-0.05, 0) is 18.4 Å². The van der Waals surface area contributed by atoms with Crippen LogP contribution < -0.4 is 5.73 Å². The molecule has 0 aliphatic heterocycles. The van der Waals surface area contributed by atoms with E-state index in [9.17, 15) is 33.6 Å². The second-order valence-electron chi connectivity index (χ2n) is 6.82. The summed E-state index contributed by atoms with van der Waals surface area (Å²) in [4.78, 5) is 78.8. The fraction of sp³-hybridized carbons (Fsp3) is 0.632. The Hall–Kier alpha value is -2.30. The van der Waals surface area contributed by atoms with Crippen molar-refractivity contribution in [2.75, 3.05) is 23.5 Å². The fourth-order valence-corrected chi connectivity index (χ4v) is 5.24. The second-order valence-corrected chi connectivity index (χ2v) is 10.4. The zero-order valence-corrected chi connectivity index (χ0v) is 22.4. The largest absolute Gasteiger partial charge is 0.480 e. The van der Waals surface area contributed by atoms with E-state index in [0.717, 1.165) is 40.3 Å². The minimum atomic E-state index is -1.30. The van der Waals surface area contributed by atoms with Crippen molar-refractivity contribution in [1.82, 2.24) is 9.80 Å². The Morgan fingerprint density at radius 3 is 1.37 bits per heavy atom. The number of carbonyl (C=O) groups excluding carboxylic acids is 4. The number of rotatable bonds is 13. The van der Waals surface area contributed by atoms with Crippen LogP contribution in [0.1, 0.15) is 34.1 Å². The smallest absolute Gasteiger partial charge is 0.327 e. The lowest BCUT2D eigenvalue weighted by molar-refractivity contribution is -0.156. The second kappa shape index (κ2) is 18.0. The predicted molar refractivity (Wildman–Crippen MR) is 133 cm³/mol. The van der Waals surface area contributed by atoms with Gasteiger partial charge in [0, 0.05) is 39.2 Å². The van der Waals surface area contributed by atoms with Gasteiger partial charge in [0.15, 0.2) is 0 Å². The Balaban J connectivity index is 0. The molecule has 0 aliphatic rings. The number of hydrogen-bond acceptors (Lipinski definition) is 11. The molecule has 5 N–H and O–H groups in total. The van der Waals surface area contributed by atoms with E-state index in [-0.39, 0.29) is 17.9 Å². The maximum Gasteiger partial charge on any atom is 0.327 e. The molecular formula is C19H31N3O10S3. The van der Waals surface area contributed by atoms with Crippen LogP contribution in [-0.2, 0) is 33.6 Å². The van der Waals surface area contributed by atoms with Crippen molar-refractivity contribution in [2.24, 2.45) is 5.73 Å². The number of amides is 4. The molecule has 0 rings (SSSR count). The van der Waals surface area contributed by atoms with Crippen molar-refractivity contribution in [3.63, 3.8) is 0 Å². The van der Waals surface area contributed by atoms with Gasteiger partial charge in [0.1, 0.15) is 18.1 Å². The highest BCUT2D eigenvalue weighted by molar-refractivity contribution is 8.76. The molecule has 13 nitrogen and oxygen atoms in total. The lowest BCUT2D eigenvalue weighted by Crippen LogP contribution is -2.48. The Bertz CT molecular complexity index is 768. The fourth-order valence-electron chi connectivity index (χ4n) is 2.48. The van der Waals surface area contributed by atoms with Crippen molar-refractivity contribution >= 4 is 74.9 Å². The van der Waals surface area contributed by atoms with Crippen molar-refractivity contribution in [1.29, 1.82) is 0 Å². The van der Waals surface area contributed by atoms with Crippen LogP contribution in [0, 0.1) is 0 Å². The summed E-state index contributed by atoms with van der Waals surface area (Å²) in [5.41, 5.74) is 5.28. The van der Waals surface area contributed by atoms with Gasteiger partial charge >= 0.3 is 17.9 Å². The molecule has 0 radical (unpaired) electrons. The van der Waals surface area contributed by atoms with Crippen LogP contribution in [0.3, 0.4) is 0 Å². The number of hydrogen-bond donors (Lipinski definition) is 4. The van der Waals surface area contributed by atoms with Crippen molar-refractivity contribution < 1.29 is 48.9 Å². The number of nitrogens with two attached hydrogens (primary N) is 1. The van der Waals surface area contributed by atoms with Gasteiger partial charge in [-0.15, -0.1) is 0 Å². The molecule has 4 amide bonds. The summed E-state index contributed by atoms with van der Waals surface area (Å²) in [6, 6.07) is -3.39. The first-order valence-electron chi connectivity index (χ1n) is 9.88. The van der Waals surface area contributed by atoms with Gasteiger partial charge in [-0.3, -0.25) is 33.8 Å². The average molecular weight is 558 g/mol. The Morgan fingerprint density at radius 1 is 0.686 bits per heavy atom. The highest BCUT2D eigenvalue weighted by atomic mass is 33.1. The lowest BCUT2D eigenvalue weighted by atomic mass is 10.2. The molecule has 0 aromatic rings. The number of carboxylic acids is 3. The maximum absolute atomic E-state index is 11.3. The number of carboxylic acid groups (broad SMARTS) is 3. The number of nitrogens with zero attached hydrogens (tertiary/aromatic N) is 2. The van der Waals surface area contributed by atoms with E-state index >= 15 is 0 Å². The molecule has 0 aromatic carbocycles. The first-order valence-corrected chi connectivity index (χ1v) is 13.8. The Kier molecular flexibility index (Phi) is 18.0. The highest BCUT2D eigenvalue weighted by Gasteiger charge is 2.31. The summed E-state index contributed by atoms with van der Waals surface area (Å²) in [6.07, 6.45) is 2.11. The molecule has 0 fully saturated rings. The number of thioether (sulfide) groups is 1. The van der Waals surface area contributed by atoms with Crippen LogP contribution in [-0.4, -0.2) is 108 Å². The molecule has 200 valence electrons. The van der Waals surface area contributed by atoms with Crippen molar-refractivity contribution in [3.05, 3.63) is 0 Å². The van der Waals surface area contributed by atoms with Crippen LogP contribution >= 0.6 is 33.3 Å². The van der Waals surface area contributed by atoms with Gasteiger partial charge in [0.05, 0.1) is 0 Å².